The highest BCUT2D eigenvalue weighted by Crippen LogP contribution is 2.33. The molecule has 0 fully saturated rings. The summed E-state index contributed by atoms with van der Waals surface area (Å²) in [5, 5.41) is 22.9. The Morgan fingerprint density at radius 3 is 2.39 bits per heavy atom. The number of hydrogen-bond acceptors (Lipinski definition) is 9. The molecule has 0 unspecified atom stereocenters. The van der Waals surface area contributed by atoms with E-state index in [4.69, 9.17) is 4.74 Å². The second-order valence-corrected chi connectivity index (χ2v) is 7.80. The van der Waals surface area contributed by atoms with Crippen molar-refractivity contribution in [3.8, 4) is 5.75 Å². The number of amides is 1. The zero-order chi connectivity index (χ0) is 23.5. The minimum Gasteiger partial charge on any atom is -0.497 e. The van der Waals surface area contributed by atoms with E-state index >= 15 is 0 Å². The first kappa shape index (κ1) is 21.8. The van der Waals surface area contributed by atoms with E-state index in [1.54, 1.807) is 42.6 Å². The Labute approximate surface area is 190 Å². The third-order valence-corrected chi connectivity index (χ3v) is 5.72. The highest BCUT2D eigenvalue weighted by atomic mass is 32.1. The second kappa shape index (κ2) is 8.96. The fraction of sp³-hybridized carbons (Fsp3) is 0.0952. The van der Waals surface area contributed by atoms with Gasteiger partial charge in [-0.05, 0) is 30.3 Å². The van der Waals surface area contributed by atoms with Gasteiger partial charge in [0, 0.05) is 18.3 Å². The number of fused-ring (bicyclic) bond motifs is 1. The van der Waals surface area contributed by atoms with Crippen LogP contribution in [0.5, 0.6) is 5.75 Å². The van der Waals surface area contributed by atoms with Crippen molar-refractivity contribution in [1.82, 2.24) is 9.97 Å². The first-order valence-electron chi connectivity index (χ1n) is 9.46. The summed E-state index contributed by atoms with van der Waals surface area (Å²) in [5.41, 5.74) is -0.148. The number of nitro groups is 2. The lowest BCUT2D eigenvalue weighted by Gasteiger charge is -2.19. The van der Waals surface area contributed by atoms with Gasteiger partial charge in [-0.3, -0.25) is 34.9 Å². The lowest BCUT2D eigenvalue weighted by atomic mass is 10.1. The number of non-ortho nitro benzene ring substituents is 2. The van der Waals surface area contributed by atoms with Crippen molar-refractivity contribution >= 4 is 44.0 Å². The fourth-order valence-electron chi connectivity index (χ4n) is 3.10. The molecule has 0 N–H and O–H groups in total. The SMILES string of the molecule is COc1ccc2nc(N(Cc3ccccn3)C(=O)c3cc([N+](=O)[O-])cc([N+](=O)[O-])c3)sc2c1. The Balaban J connectivity index is 1.82. The number of pyridine rings is 1. The zero-order valence-electron chi connectivity index (χ0n) is 17.1. The molecule has 0 aliphatic carbocycles. The average molecular weight is 465 g/mol. The van der Waals surface area contributed by atoms with Crippen LogP contribution in [0, 0.1) is 20.2 Å². The maximum Gasteiger partial charge on any atom is 0.277 e. The maximum absolute atomic E-state index is 13.5. The number of anilines is 1. The van der Waals surface area contributed by atoms with E-state index in [0.717, 1.165) is 22.9 Å². The van der Waals surface area contributed by atoms with Crippen LogP contribution in [0.1, 0.15) is 16.1 Å². The van der Waals surface area contributed by atoms with Gasteiger partial charge in [0.25, 0.3) is 17.3 Å². The van der Waals surface area contributed by atoms with Crippen LogP contribution < -0.4 is 9.64 Å². The molecule has 0 saturated heterocycles. The molecule has 0 saturated carbocycles. The van der Waals surface area contributed by atoms with Gasteiger partial charge in [-0.25, -0.2) is 4.98 Å². The molecule has 12 heteroatoms. The normalized spacial score (nSPS) is 10.7. The molecule has 2 heterocycles. The van der Waals surface area contributed by atoms with Crippen LogP contribution in [0.25, 0.3) is 10.2 Å². The van der Waals surface area contributed by atoms with E-state index in [2.05, 4.69) is 9.97 Å². The Hall–Kier alpha value is -4.45. The third kappa shape index (κ3) is 4.60. The van der Waals surface area contributed by atoms with Gasteiger partial charge in [-0.2, -0.15) is 0 Å². The van der Waals surface area contributed by atoms with E-state index in [1.807, 2.05) is 0 Å². The van der Waals surface area contributed by atoms with Crippen LogP contribution >= 0.6 is 11.3 Å². The van der Waals surface area contributed by atoms with Crippen molar-refractivity contribution in [1.29, 1.82) is 0 Å². The summed E-state index contributed by atoms with van der Waals surface area (Å²) in [5.74, 6) is -0.0620. The second-order valence-electron chi connectivity index (χ2n) is 6.79. The molecule has 2 aromatic carbocycles. The molecule has 2 aromatic heterocycles. The summed E-state index contributed by atoms with van der Waals surface area (Å²) in [6.45, 7) is 0.00706. The standard InChI is InChI=1S/C21H15N5O6S/c1-32-17-5-6-18-19(11-17)33-21(23-18)24(12-14-4-2-3-7-22-14)20(27)13-8-15(25(28)29)10-16(9-13)26(30)31/h2-11H,12H2,1H3. The molecule has 166 valence electrons. The van der Waals surface area contributed by atoms with Gasteiger partial charge in [-0.15, -0.1) is 0 Å². The number of rotatable bonds is 7. The molecule has 1 amide bonds. The summed E-state index contributed by atoms with van der Waals surface area (Å²) < 4.78 is 5.99. The molecule has 11 nitrogen and oxygen atoms in total. The number of aromatic nitrogens is 2. The molecular weight excluding hydrogens is 450 g/mol. The Kier molecular flexibility index (Phi) is 5.91. The quantitative estimate of drug-likeness (QED) is 0.289. The van der Waals surface area contributed by atoms with Gasteiger partial charge >= 0.3 is 0 Å². The minimum absolute atomic E-state index is 0.00706. The Bertz CT molecular complexity index is 1340. The van der Waals surface area contributed by atoms with E-state index in [1.165, 1.54) is 23.3 Å². The zero-order valence-corrected chi connectivity index (χ0v) is 17.9. The predicted molar refractivity (Wildman–Crippen MR) is 121 cm³/mol. The highest BCUT2D eigenvalue weighted by Gasteiger charge is 2.26. The van der Waals surface area contributed by atoms with E-state index in [0.29, 0.717) is 22.1 Å². The Morgan fingerprint density at radius 2 is 1.79 bits per heavy atom. The molecule has 4 rings (SSSR count). The molecule has 0 bridgehead atoms. The van der Waals surface area contributed by atoms with Crippen LogP contribution in [0.15, 0.2) is 60.8 Å². The third-order valence-electron chi connectivity index (χ3n) is 4.68. The Morgan fingerprint density at radius 1 is 1.06 bits per heavy atom. The molecule has 4 aromatic rings. The van der Waals surface area contributed by atoms with Crippen molar-refractivity contribution in [3.63, 3.8) is 0 Å². The van der Waals surface area contributed by atoms with Crippen molar-refractivity contribution < 1.29 is 19.4 Å². The van der Waals surface area contributed by atoms with Gasteiger partial charge in [0.2, 0.25) is 0 Å². The molecule has 33 heavy (non-hydrogen) atoms. The largest absolute Gasteiger partial charge is 0.497 e. The van der Waals surface area contributed by atoms with Crippen molar-refractivity contribution in [2.45, 2.75) is 6.54 Å². The molecule has 0 radical (unpaired) electrons. The van der Waals surface area contributed by atoms with Crippen LogP contribution in [-0.4, -0.2) is 32.8 Å². The number of nitro benzene ring substituents is 2. The summed E-state index contributed by atoms with van der Waals surface area (Å²) in [7, 11) is 1.54. The van der Waals surface area contributed by atoms with Gasteiger partial charge in [0.1, 0.15) is 5.75 Å². The summed E-state index contributed by atoms with van der Waals surface area (Å²) in [4.78, 5) is 44.6. The first-order chi connectivity index (χ1) is 15.9. The van der Waals surface area contributed by atoms with E-state index in [9.17, 15) is 25.0 Å². The molecular formula is C21H15N5O6S. The van der Waals surface area contributed by atoms with Crippen LogP contribution in [-0.2, 0) is 6.54 Å². The number of carbonyl (C=O) groups is 1. The molecule has 0 atom stereocenters. The number of methoxy groups -OCH3 is 1. The molecule has 0 aliphatic heterocycles. The number of hydrogen-bond donors (Lipinski definition) is 0. The first-order valence-corrected chi connectivity index (χ1v) is 10.3. The van der Waals surface area contributed by atoms with Gasteiger partial charge in [-0.1, -0.05) is 17.4 Å². The molecule has 0 aliphatic rings. The van der Waals surface area contributed by atoms with E-state index in [-0.39, 0.29) is 12.1 Å². The van der Waals surface area contributed by atoms with Crippen molar-refractivity contribution in [2.24, 2.45) is 0 Å². The monoisotopic (exact) mass is 465 g/mol. The predicted octanol–water partition coefficient (Wildman–Crippen LogP) is 4.36. The van der Waals surface area contributed by atoms with Gasteiger partial charge in [0.05, 0.1) is 51.0 Å². The smallest absolute Gasteiger partial charge is 0.277 e. The van der Waals surface area contributed by atoms with Crippen LogP contribution in [0.4, 0.5) is 16.5 Å². The molecule has 0 spiro atoms. The topological polar surface area (TPSA) is 142 Å². The van der Waals surface area contributed by atoms with Crippen molar-refractivity contribution in [3.05, 3.63) is 92.3 Å². The number of benzene rings is 2. The average Bonchev–Trinajstić information content (AvgIpc) is 3.25. The maximum atomic E-state index is 13.5. The summed E-state index contributed by atoms with van der Waals surface area (Å²) >= 11 is 1.22. The van der Waals surface area contributed by atoms with Gasteiger partial charge in [0.15, 0.2) is 5.13 Å². The minimum atomic E-state index is -0.781. The fourth-order valence-corrected chi connectivity index (χ4v) is 4.09. The number of carbonyl (C=O) groups excluding carboxylic acids is 1. The lowest BCUT2D eigenvalue weighted by molar-refractivity contribution is -0.394. The van der Waals surface area contributed by atoms with Crippen molar-refractivity contribution in [2.75, 3.05) is 12.0 Å². The lowest BCUT2D eigenvalue weighted by Crippen LogP contribution is -2.30. The van der Waals surface area contributed by atoms with E-state index < -0.39 is 27.1 Å². The number of nitrogens with zero attached hydrogens (tertiary/aromatic N) is 5. The number of thiazole rings is 1. The summed E-state index contributed by atoms with van der Waals surface area (Å²) in [6, 6.07) is 13.3. The van der Waals surface area contributed by atoms with Crippen LogP contribution in [0.3, 0.4) is 0 Å². The number of ether oxygens (including phenoxy) is 1. The van der Waals surface area contributed by atoms with Crippen LogP contribution in [0.2, 0.25) is 0 Å². The summed E-state index contributed by atoms with van der Waals surface area (Å²) in [6.07, 6.45) is 1.57. The van der Waals surface area contributed by atoms with Gasteiger partial charge < -0.3 is 4.74 Å². The highest BCUT2D eigenvalue weighted by molar-refractivity contribution is 7.22.